The lowest BCUT2D eigenvalue weighted by atomic mass is 9.87. The van der Waals surface area contributed by atoms with Crippen molar-refractivity contribution in [1.29, 1.82) is 0 Å². The monoisotopic (exact) mass is 239 g/mol. The first-order valence-corrected chi connectivity index (χ1v) is 6.20. The van der Waals surface area contributed by atoms with E-state index < -0.39 is 0 Å². The fourth-order valence-electron chi connectivity index (χ4n) is 2.33. The van der Waals surface area contributed by atoms with Crippen molar-refractivity contribution >= 4 is 23.1 Å². The summed E-state index contributed by atoms with van der Waals surface area (Å²) < 4.78 is 0. The Hall–Kier alpha value is -0.960. The van der Waals surface area contributed by atoms with E-state index in [-0.39, 0.29) is 0 Å². The van der Waals surface area contributed by atoms with Gasteiger partial charge >= 0.3 is 0 Å². The van der Waals surface area contributed by atoms with Crippen LogP contribution in [0.25, 0.3) is 0 Å². The number of nitrogens with two attached hydrogens (primary N) is 1. The summed E-state index contributed by atoms with van der Waals surface area (Å²) in [5.74, 6) is 1.56. The van der Waals surface area contributed by atoms with Crippen LogP contribution in [-0.4, -0.2) is 11.0 Å². The Morgan fingerprint density at radius 2 is 2.31 bits per heavy atom. The number of nitrogens with zero attached hydrogens (tertiary/aromatic N) is 1. The number of nitrogens with one attached hydrogen (secondary N) is 1. The van der Waals surface area contributed by atoms with Gasteiger partial charge in [0, 0.05) is 12.2 Å². The maximum atomic E-state index is 5.86. The first kappa shape index (κ1) is 11.5. The molecule has 0 radical (unpaired) electrons. The molecule has 4 heteroatoms. The molecule has 0 aliphatic heterocycles. The molecule has 1 aromatic rings. The van der Waals surface area contributed by atoms with Crippen LogP contribution >= 0.6 is 11.6 Å². The Balaban J connectivity index is 2.02. The van der Waals surface area contributed by atoms with Crippen LogP contribution in [0.1, 0.15) is 32.6 Å². The molecule has 0 aromatic carbocycles. The Kier molecular flexibility index (Phi) is 3.54. The number of nitrogen functional groups attached to an aromatic ring is 1. The Labute approximate surface area is 101 Å². The molecule has 1 saturated carbocycles. The lowest BCUT2D eigenvalue weighted by Gasteiger charge is -2.28. The van der Waals surface area contributed by atoms with Crippen molar-refractivity contribution in [3.8, 4) is 0 Å². The highest BCUT2D eigenvalue weighted by atomic mass is 35.5. The maximum Gasteiger partial charge on any atom is 0.149 e. The van der Waals surface area contributed by atoms with Gasteiger partial charge in [-0.15, -0.1) is 0 Å². The molecule has 1 aliphatic carbocycles. The molecule has 2 rings (SSSR count). The molecule has 0 spiro atoms. The first-order valence-electron chi connectivity index (χ1n) is 5.82. The van der Waals surface area contributed by atoms with E-state index in [1.54, 1.807) is 12.3 Å². The summed E-state index contributed by atoms with van der Waals surface area (Å²) in [4.78, 5) is 4.23. The van der Waals surface area contributed by atoms with Crippen LogP contribution in [-0.2, 0) is 0 Å². The second kappa shape index (κ2) is 4.91. The quantitative estimate of drug-likeness (QED) is 0.833. The van der Waals surface area contributed by atoms with E-state index in [1.165, 1.54) is 25.7 Å². The van der Waals surface area contributed by atoms with Gasteiger partial charge in [0.25, 0.3) is 0 Å². The molecule has 1 aliphatic rings. The van der Waals surface area contributed by atoms with Crippen molar-refractivity contribution in [1.82, 2.24) is 4.98 Å². The Morgan fingerprint density at radius 3 is 3.00 bits per heavy atom. The molecule has 2 atom stereocenters. The third kappa shape index (κ3) is 2.79. The minimum absolute atomic E-state index is 0.500. The van der Waals surface area contributed by atoms with E-state index in [0.29, 0.717) is 16.8 Å². The van der Waals surface area contributed by atoms with Crippen LogP contribution in [0, 0.1) is 5.92 Å². The number of anilines is 2. The van der Waals surface area contributed by atoms with Crippen LogP contribution in [0.3, 0.4) is 0 Å². The average molecular weight is 240 g/mol. The minimum Gasteiger partial charge on any atom is -0.396 e. The van der Waals surface area contributed by atoms with Crippen molar-refractivity contribution in [2.24, 2.45) is 5.92 Å². The molecule has 1 aromatic heterocycles. The number of aromatic nitrogens is 1. The summed E-state index contributed by atoms with van der Waals surface area (Å²) in [6.45, 7) is 2.30. The van der Waals surface area contributed by atoms with Gasteiger partial charge in [-0.3, -0.25) is 0 Å². The second-order valence-corrected chi connectivity index (χ2v) is 5.14. The van der Waals surface area contributed by atoms with E-state index >= 15 is 0 Å². The predicted molar refractivity (Wildman–Crippen MR) is 68.7 cm³/mol. The fourth-order valence-corrected chi connectivity index (χ4v) is 2.50. The average Bonchev–Trinajstić information content (AvgIpc) is 2.22. The van der Waals surface area contributed by atoms with E-state index in [4.69, 9.17) is 17.3 Å². The first-order chi connectivity index (χ1) is 7.65. The molecule has 0 amide bonds. The molecule has 88 valence electrons. The number of hydrogen-bond acceptors (Lipinski definition) is 3. The number of rotatable bonds is 2. The molecule has 1 fully saturated rings. The molecular formula is C12H18ClN3. The van der Waals surface area contributed by atoms with Gasteiger partial charge in [-0.25, -0.2) is 4.98 Å². The van der Waals surface area contributed by atoms with E-state index in [1.807, 2.05) is 0 Å². The third-order valence-electron chi connectivity index (χ3n) is 3.16. The maximum absolute atomic E-state index is 5.86. The van der Waals surface area contributed by atoms with Gasteiger partial charge in [-0.05, 0) is 24.8 Å². The standard InChI is InChI=1S/C12H18ClN3/c1-8-3-2-4-10(5-8)16-12-11(14)6-9(13)7-15-12/h6-8,10H,2-5,14H2,1H3,(H,15,16). The Bertz CT molecular complexity index is 367. The van der Waals surface area contributed by atoms with Crippen LogP contribution < -0.4 is 11.1 Å². The lowest BCUT2D eigenvalue weighted by molar-refractivity contribution is 0.358. The van der Waals surface area contributed by atoms with Gasteiger partial charge in [-0.2, -0.15) is 0 Å². The van der Waals surface area contributed by atoms with E-state index in [2.05, 4.69) is 17.2 Å². The summed E-state index contributed by atoms with van der Waals surface area (Å²) >= 11 is 5.81. The summed E-state index contributed by atoms with van der Waals surface area (Å²) in [5.41, 5.74) is 6.49. The molecule has 0 bridgehead atoms. The molecule has 3 nitrogen and oxygen atoms in total. The highest BCUT2D eigenvalue weighted by Gasteiger charge is 2.19. The zero-order chi connectivity index (χ0) is 11.5. The number of halogens is 1. The second-order valence-electron chi connectivity index (χ2n) is 4.70. The van der Waals surface area contributed by atoms with Crippen molar-refractivity contribution in [2.45, 2.75) is 38.6 Å². The van der Waals surface area contributed by atoms with Gasteiger partial charge < -0.3 is 11.1 Å². The van der Waals surface area contributed by atoms with Gasteiger partial charge in [0.05, 0.1) is 10.7 Å². The van der Waals surface area contributed by atoms with Gasteiger partial charge in [0.2, 0.25) is 0 Å². The molecule has 2 unspecified atom stereocenters. The molecule has 16 heavy (non-hydrogen) atoms. The van der Waals surface area contributed by atoms with Crippen LogP contribution in [0.2, 0.25) is 5.02 Å². The van der Waals surface area contributed by atoms with Crippen molar-refractivity contribution in [3.05, 3.63) is 17.3 Å². The molecule has 1 heterocycles. The lowest BCUT2D eigenvalue weighted by Crippen LogP contribution is -2.27. The highest BCUT2D eigenvalue weighted by Crippen LogP contribution is 2.27. The van der Waals surface area contributed by atoms with Gasteiger partial charge in [0.1, 0.15) is 5.82 Å². The molecule has 3 N–H and O–H groups in total. The van der Waals surface area contributed by atoms with Crippen LogP contribution in [0.4, 0.5) is 11.5 Å². The van der Waals surface area contributed by atoms with Crippen molar-refractivity contribution < 1.29 is 0 Å². The van der Waals surface area contributed by atoms with Crippen LogP contribution in [0.5, 0.6) is 0 Å². The number of hydrogen-bond donors (Lipinski definition) is 2. The van der Waals surface area contributed by atoms with Crippen molar-refractivity contribution in [2.75, 3.05) is 11.1 Å². The summed E-state index contributed by atoms with van der Waals surface area (Å²) in [6.07, 6.45) is 6.65. The topological polar surface area (TPSA) is 50.9 Å². The third-order valence-corrected chi connectivity index (χ3v) is 3.37. The SMILES string of the molecule is CC1CCCC(Nc2ncc(Cl)cc2N)C1. The molecular weight excluding hydrogens is 222 g/mol. The van der Waals surface area contributed by atoms with Crippen molar-refractivity contribution in [3.63, 3.8) is 0 Å². The smallest absolute Gasteiger partial charge is 0.149 e. The number of pyridine rings is 1. The zero-order valence-electron chi connectivity index (χ0n) is 9.54. The summed E-state index contributed by atoms with van der Waals surface area (Å²) in [6, 6.07) is 2.24. The molecule has 0 saturated heterocycles. The normalized spacial score (nSPS) is 25.4. The largest absolute Gasteiger partial charge is 0.396 e. The summed E-state index contributed by atoms with van der Waals surface area (Å²) in [7, 11) is 0. The van der Waals surface area contributed by atoms with Crippen LogP contribution in [0.15, 0.2) is 12.3 Å². The summed E-state index contributed by atoms with van der Waals surface area (Å²) in [5, 5.41) is 4.00. The zero-order valence-corrected chi connectivity index (χ0v) is 10.3. The highest BCUT2D eigenvalue weighted by molar-refractivity contribution is 6.30. The minimum atomic E-state index is 0.500. The fraction of sp³-hybridized carbons (Fsp3) is 0.583. The van der Waals surface area contributed by atoms with E-state index in [0.717, 1.165) is 11.7 Å². The predicted octanol–water partition coefficient (Wildman–Crippen LogP) is 3.31. The Morgan fingerprint density at radius 1 is 1.50 bits per heavy atom. The van der Waals surface area contributed by atoms with Gasteiger partial charge in [0.15, 0.2) is 0 Å². The van der Waals surface area contributed by atoms with Gasteiger partial charge in [-0.1, -0.05) is 31.4 Å². The van der Waals surface area contributed by atoms with E-state index in [9.17, 15) is 0 Å².